The van der Waals surface area contributed by atoms with Crippen molar-refractivity contribution in [2.24, 2.45) is 4.99 Å². The molecule has 36 heavy (non-hydrogen) atoms. The van der Waals surface area contributed by atoms with E-state index in [0.29, 0.717) is 23.9 Å². The second-order valence-electron chi connectivity index (χ2n) is 10.7. The third-order valence-corrected chi connectivity index (χ3v) is 6.98. The lowest BCUT2D eigenvalue weighted by atomic mass is 9.82. The van der Waals surface area contributed by atoms with Gasteiger partial charge in [-0.15, -0.1) is 0 Å². The third kappa shape index (κ3) is 6.06. The Bertz CT molecular complexity index is 1130. The Hall–Kier alpha value is -2.93. The van der Waals surface area contributed by atoms with Crippen LogP contribution in [0.25, 0.3) is 5.70 Å². The SMILES string of the molecule is C=C(N=C(OC)C(C)N(CC)CC(C)=N)c1cn2c(n1)C(c1cc(C(C)(C)C)ccc1OC)CCC2. The topological polar surface area (TPSA) is 75.7 Å². The summed E-state index contributed by atoms with van der Waals surface area (Å²) in [6.45, 7) is 19.2. The van der Waals surface area contributed by atoms with Gasteiger partial charge < -0.3 is 19.5 Å². The van der Waals surface area contributed by atoms with Crippen LogP contribution in [-0.4, -0.2) is 59.4 Å². The molecule has 2 aromatic rings. The van der Waals surface area contributed by atoms with Crippen molar-refractivity contribution in [3.8, 4) is 5.75 Å². The highest BCUT2D eigenvalue weighted by molar-refractivity contribution is 5.88. The highest BCUT2D eigenvalue weighted by Gasteiger charge is 2.29. The molecular weight excluding hydrogens is 450 g/mol. The zero-order valence-electron chi connectivity index (χ0n) is 23.3. The largest absolute Gasteiger partial charge is 0.496 e. The summed E-state index contributed by atoms with van der Waals surface area (Å²) in [6, 6.07) is 6.46. The summed E-state index contributed by atoms with van der Waals surface area (Å²) in [7, 11) is 3.37. The number of aromatic nitrogens is 2. The van der Waals surface area contributed by atoms with Crippen LogP contribution in [0.5, 0.6) is 5.75 Å². The number of likely N-dealkylation sites (N-methyl/N-ethyl adjacent to an activating group) is 1. The van der Waals surface area contributed by atoms with E-state index in [4.69, 9.17) is 24.9 Å². The van der Waals surface area contributed by atoms with Crippen LogP contribution in [0.1, 0.15) is 82.9 Å². The van der Waals surface area contributed by atoms with Crippen LogP contribution in [0.4, 0.5) is 0 Å². The lowest BCUT2D eigenvalue weighted by Gasteiger charge is -2.27. The summed E-state index contributed by atoms with van der Waals surface area (Å²) < 4.78 is 13.7. The molecule has 0 bridgehead atoms. The van der Waals surface area contributed by atoms with Gasteiger partial charge in [0, 0.05) is 36.5 Å². The number of hydrogen-bond acceptors (Lipinski definition) is 6. The van der Waals surface area contributed by atoms with Crippen LogP contribution >= 0.6 is 0 Å². The standard InChI is InChI=1S/C29H43N5O2/c1-10-33(17-19(2)30)21(4)28(36-9)31-20(3)25-18-34-15-11-12-23(27(34)32-25)24-16-22(29(5,6)7)13-14-26(24)35-8/h13-14,16,18,21,23,30H,3,10-12,15,17H2,1-2,4-9H3. The van der Waals surface area contributed by atoms with Gasteiger partial charge in [0.2, 0.25) is 5.90 Å². The van der Waals surface area contributed by atoms with Crippen molar-refractivity contribution < 1.29 is 9.47 Å². The fourth-order valence-corrected chi connectivity index (χ4v) is 4.87. The van der Waals surface area contributed by atoms with E-state index in [1.165, 1.54) is 11.1 Å². The predicted molar refractivity (Wildman–Crippen MR) is 149 cm³/mol. The number of rotatable bonds is 9. The van der Waals surface area contributed by atoms with E-state index >= 15 is 0 Å². The van der Waals surface area contributed by atoms with Crippen molar-refractivity contribution in [3.63, 3.8) is 0 Å². The number of nitrogens with zero attached hydrogens (tertiary/aromatic N) is 4. The molecule has 1 aliphatic rings. The zero-order chi connectivity index (χ0) is 26.6. The second kappa shape index (κ2) is 11.4. The first-order valence-corrected chi connectivity index (χ1v) is 12.9. The van der Waals surface area contributed by atoms with Gasteiger partial charge in [-0.25, -0.2) is 9.98 Å². The molecule has 2 atom stereocenters. The number of imidazole rings is 1. The second-order valence-corrected chi connectivity index (χ2v) is 10.7. The third-order valence-electron chi connectivity index (χ3n) is 6.98. The van der Waals surface area contributed by atoms with E-state index in [-0.39, 0.29) is 17.4 Å². The molecule has 0 radical (unpaired) electrons. The maximum absolute atomic E-state index is 7.87. The van der Waals surface area contributed by atoms with Gasteiger partial charge in [-0.1, -0.05) is 46.4 Å². The van der Waals surface area contributed by atoms with Gasteiger partial charge in [-0.2, -0.15) is 0 Å². The van der Waals surface area contributed by atoms with Crippen LogP contribution in [-0.2, 0) is 16.7 Å². The highest BCUT2D eigenvalue weighted by atomic mass is 16.5. The molecule has 0 spiro atoms. The maximum Gasteiger partial charge on any atom is 0.205 e. The van der Waals surface area contributed by atoms with Gasteiger partial charge in [0.25, 0.3) is 0 Å². The Morgan fingerprint density at radius 1 is 1.33 bits per heavy atom. The minimum atomic E-state index is -0.0774. The summed E-state index contributed by atoms with van der Waals surface area (Å²) in [5, 5.41) is 7.87. The molecular formula is C29H43N5O2. The molecule has 0 amide bonds. The van der Waals surface area contributed by atoms with Crippen LogP contribution in [0.2, 0.25) is 0 Å². The van der Waals surface area contributed by atoms with Gasteiger partial charge >= 0.3 is 0 Å². The molecule has 0 saturated heterocycles. The molecule has 1 aliphatic heterocycles. The number of fused-ring (bicyclic) bond motifs is 1. The fourth-order valence-electron chi connectivity index (χ4n) is 4.87. The molecule has 2 unspecified atom stereocenters. The number of aliphatic imine (C=N–C) groups is 1. The van der Waals surface area contributed by atoms with Gasteiger partial charge in [-0.3, -0.25) is 4.90 Å². The van der Waals surface area contributed by atoms with Gasteiger partial charge in [0.15, 0.2) is 0 Å². The van der Waals surface area contributed by atoms with E-state index in [1.807, 2.05) is 13.8 Å². The lowest BCUT2D eigenvalue weighted by Crippen LogP contribution is -2.42. The Kier molecular flexibility index (Phi) is 8.77. The average molecular weight is 494 g/mol. The maximum atomic E-state index is 7.87. The zero-order valence-corrected chi connectivity index (χ0v) is 23.3. The first kappa shape index (κ1) is 27.7. The van der Waals surface area contributed by atoms with Crippen LogP contribution in [0.15, 0.2) is 36.0 Å². The van der Waals surface area contributed by atoms with E-state index in [9.17, 15) is 0 Å². The monoisotopic (exact) mass is 493 g/mol. The van der Waals surface area contributed by atoms with Crippen molar-refractivity contribution in [2.45, 2.75) is 78.3 Å². The molecule has 196 valence electrons. The normalized spacial score (nSPS) is 17.0. The number of nitrogens with one attached hydrogen (secondary N) is 1. The number of benzene rings is 1. The molecule has 1 aromatic carbocycles. The number of methoxy groups -OCH3 is 2. The minimum Gasteiger partial charge on any atom is -0.496 e. The molecule has 0 aliphatic carbocycles. The summed E-state index contributed by atoms with van der Waals surface area (Å²) in [5.74, 6) is 2.65. The summed E-state index contributed by atoms with van der Waals surface area (Å²) >= 11 is 0. The smallest absolute Gasteiger partial charge is 0.205 e. The van der Waals surface area contributed by atoms with Crippen LogP contribution < -0.4 is 4.74 Å². The van der Waals surface area contributed by atoms with Gasteiger partial charge in [-0.05, 0) is 50.3 Å². The Morgan fingerprint density at radius 2 is 2.06 bits per heavy atom. The molecule has 7 nitrogen and oxygen atoms in total. The Balaban J connectivity index is 1.95. The molecule has 2 heterocycles. The summed E-state index contributed by atoms with van der Waals surface area (Å²) in [5.41, 5.74) is 4.47. The number of ether oxygens (including phenoxy) is 2. The summed E-state index contributed by atoms with van der Waals surface area (Å²) in [6.07, 6.45) is 4.15. The molecule has 1 N–H and O–H groups in total. The average Bonchev–Trinajstić information content (AvgIpc) is 3.29. The van der Waals surface area contributed by atoms with Crippen LogP contribution in [0.3, 0.4) is 0 Å². The summed E-state index contributed by atoms with van der Waals surface area (Å²) in [4.78, 5) is 11.9. The van der Waals surface area contributed by atoms with Crippen molar-refractivity contribution in [2.75, 3.05) is 27.3 Å². The van der Waals surface area contributed by atoms with Crippen molar-refractivity contribution in [1.29, 1.82) is 5.41 Å². The van der Waals surface area contributed by atoms with E-state index in [0.717, 1.165) is 43.2 Å². The molecule has 0 saturated carbocycles. The van der Waals surface area contributed by atoms with Gasteiger partial charge in [0.05, 0.1) is 26.0 Å². The Labute approximate surface area is 216 Å². The minimum absolute atomic E-state index is 0.0507. The van der Waals surface area contributed by atoms with Crippen molar-refractivity contribution in [3.05, 3.63) is 53.6 Å². The Morgan fingerprint density at radius 3 is 2.64 bits per heavy atom. The van der Waals surface area contributed by atoms with Crippen molar-refractivity contribution in [1.82, 2.24) is 14.5 Å². The van der Waals surface area contributed by atoms with Crippen LogP contribution in [0, 0.1) is 5.41 Å². The van der Waals surface area contributed by atoms with E-state index < -0.39 is 0 Å². The fraction of sp³-hybridized carbons (Fsp3) is 0.552. The quantitative estimate of drug-likeness (QED) is 0.350. The first-order valence-electron chi connectivity index (χ1n) is 12.9. The number of aryl methyl sites for hydroxylation is 1. The lowest BCUT2D eigenvalue weighted by molar-refractivity contribution is 0.261. The molecule has 1 aromatic heterocycles. The van der Waals surface area contributed by atoms with E-state index in [2.05, 4.69) is 68.1 Å². The molecule has 3 rings (SSSR count). The highest BCUT2D eigenvalue weighted by Crippen LogP contribution is 2.40. The van der Waals surface area contributed by atoms with E-state index in [1.54, 1.807) is 14.2 Å². The van der Waals surface area contributed by atoms with Gasteiger partial charge in [0.1, 0.15) is 17.3 Å². The molecule has 0 fully saturated rings. The first-order chi connectivity index (χ1) is 17.0. The van der Waals surface area contributed by atoms with Crippen molar-refractivity contribution >= 4 is 17.3 Å². The predicted octanol–water partition coefficient (Wildman–Crippen LogP) is 5.88. The molecule has 7 heteroatoms. The number of hydrogen-bond donors (Lipinski definition) is 1.